The summed E-state index contributed by atoms with van der Waals surface area (Å²) in [6.07, 6.45) is 2.51. The minimum absolute atomic E-state index is 0.296. The van der Waals surface area contributed by atoms with Crippen LogP contribution in [0.4, 0.5) is 5.69 Å². The first-order valence-electron chi connectivity index (χ1n) is 5.99. The zero-order chi connectivity index (χ0) is 13.0. The summed E-state index contributed by atoms with van der Waals surface area (Å²) in [5.41, 5.74) is 1.47. The molecule has 0 aliphatic carbocycles. The molecule has 3 N–H and O–H groups in total. The van der Waals surface area contributed by atoms with Crippen LogP contribution in [0.5, 0.6) is 0 Å². The van der Waals surface area contributed by atoms with Crippen molar-refractivity contribution in [2.24, 2.45) is 0 Å². The van der Waals surface area contributed by atoms with Crippen molar-refractivity contribution in [3.63, 3.8) is 0 Å². The monoisotopic (exact) mass is 249 g/mol. The zero-order valence-corrected chi connectivity index (χ0v) is 10.0. The van der Waals surface area contributed by atoms with E-state index in [1.807, 2.05) is 0 Å². The number of benzene rings is 1. The normalized spacial score (nSPS) is 16.3. The predicted octanol–water partition coefficient (Wildman–Crippen LogP) is -0.230. The second-order valence-corrected chi connectivity index (χ2v) is 4.41. The summed E-state index contributed by atoms with van der Waals surface area (Å²) in [5, 5.41) is 21.6. The van der Waals surface area contributed by atoms with Gasteiger partial charge in [0.1, 0.15) is 6.29 Å². The summed E-state index contributed by atoms with van der Waals surface area (Å²) in [5.74, 6) is 0. The standard InChI is InChI=1S/C12H16BNO4/c15-8-9-5-10(13(16)17)7-12(6-9)14-11-1-3-18-4-2-11/h5-8,11,14,16-17H,1-4H2. The molecule has 96 valence electrons. The van der Waals surface area contributed by atoms with Gasteiger partial charge in [-0.2, -0.15) is 0 Å². The van der Waals surface area contributed by atoms with E-state index in [-0.39, 0.29) is 0 Å². The predicted molar refractivity (Wildman–Crippen MR) is 69.1 cm³/mol. The Morgan fingerprint density at radius 3 is 2.61 bits per heavy atom. The van der Waals surface area contributed by atoms with Crippen molar-refractivity contribution in [3.8, 4) is 0 Å². The second-order valence-electron chi connectivity index (χ2n) is 4.41. The van der Waals surface area contributed by atoms with E-state index in [1.165, 1.54) is 6.07 Å². The van der Waals surface area contributed by atoms with E-state index in [1.54, 1.807) is 12.1 Å². The number of aldehydes is 1. The number of carbonyl (C=O) groups is 1. The highest BCUT2D eigenvalue weighted by Crippen LogP contribution is 2.15. The molecule has 1 aliphatic rings. The zero-order valence-electron chi connectivity index (χ0n) is 10.0. The summed E-state index contributed by atoms with van der Waals surface area (Å²) in [6, 6.07) is 5.11. The van der Waals surface area contributed by atoms with Gasteiger partial charge in [-0.1, -0.05) is 6.07 Å². The molecule has 2 rings (SSSR count). The number of hydrogen-bond acceptors (Lipinski definition) is 5. The molecule has 0 amide bonds. The van der Waals surface area contributed by atoms with Gasteiger partial charge in [-0.05, 0) is 30.4 Å². The van der Waals surface area contributed by atoms with Crippen LogP contribution in [0.15, 0.2) is 18.2 Å². The number of nitrogens with one attached hydrogen (secondary N) is 1. The van der Waals surface area contributed by atoms with Crippen molar-refractivity contribution >= 4 is 24.6 Å². The minimum atomic E-state index is -1.57. The Morgan fingerprint density at radius 2 is 2.00 bits per heavy atom. The van der Waals surface area contributed by atoms with Crippen LogP contribution in [0.1, 0.15) is 23.2 Å². The van der Waals surface area contributed by atoms with E-state index in [0.29, 0.717) is 23.4 Å². The summed E-state index contributed by atoms with van der Waals surface area (Å²) >= 11 is 0. The lowest BCUT2D eigenvalue weighted by Gasteiger charge is -2.24. The number of hydrogen-bond donors (Lipinski definition) is 3. The van der Waals surface area contributed by atoms with Crippen LogP contribution < -0.4 is 10.8 Å². The molecule has 5 nitrogen and oxygen atoms in total. The molecule has 0 bridgehead atoms. The first kappa shape index (κ1) is 13.1. The first-order chi connectivity index (χ1) is 8.69. The summed E-state index contributed by atoms with van der Waals surface area (Å²) in [6.45, 7) is 1.45. The number of rotatable bonds is 4. The van der Waals surface area contributed by atoms with E-state index in [4.69, 9.17) is 14.8 Å². The lowest BCUT2D eigenvalue weighted by molar-refractivity contribution is 0.0904. The Morgan fingerprint density at radius 1 is 1.28 bits per heavy atom. The highest BCUT2D eigenvalue weighted by atomic mass is 16.5. The first-order valence-corrected chi connectivity index (χ1v) is 5.99. The van der Waals surface area contributed by atoms with Crippen molar-refractivity contribution in [2.75, 3.05) is 18.5 Å². The van der Waals surface area contributed by atoms with Crippen molar-refractivity contribution in [2.45, 2.75) is 18.9 Å². The Hall–Kier alpha value is -1.37. The summed E-state index contributed by atoms with van der Waals surface area (Å²) in [4.78, 5) is 10.8. The van der Waals surface area contributed by atoms with Gasteiger partial charge in [0.15, 0.2) is 0 Å². The van der Waals surface area contributed by atoms with Crippen molar-refractivity contribution < 1.29 is 19.6 Å². The molecule has 1 fully saturated rings. The largest absolute Gasteiger partial charge is 0.488 e. The third-order valence-electron chi connectivity index (χ3n) is 3.00. The van der Waals surface area contributed by atoms with Crippen molar-refractivity contribution in [3.05, 3.63) is 23.8 Å². The van der Waals surface area contributed by atoms with E-state index in [2.05, 4.69) is 5.32 Å². The van der Waals surface area contributed by atoms with Gasteiger partial charge in [0, 0.05) is 30.5 Å². The van der Waals surface area contributed by atoms with Gasteiger partial charge in [-0.25, -0.2) is 0 Å². The van der Waals surface area contributed by atoms with Gasteiger partial charge in [0.25, 0.3) is 0 Å². The van der Waals surface area contributed by atoms with Gasteiger partial charge < -0.3 is 20.1 Å². The summed E-state index contributed by atoms with van der Waals surface area (Å²) in [7, 11) is -1.57. The molecule has 18 heavy (non-hydrogen) atoms. The maximum atomic E-state index is 10.8. The molecule has 0 unspecified atom stereocenters. The molecule has 1 aromatic rings. The van der Waals surface area contributed by atoms with Crippen LogP contribution in [0.2, 0.25) is 0 Å². The van der Waals surface area contributed by atoms with Crippen LogP contribution in [0.25, 0.3) is 0 Å². The van der Waals surface area contributed by atoms with Crippen LogP contribution in [0, 0.1) is 0 Å². The Balaban J connectivity index is 2.15. The van der Waals surface area contributed by atoms with Gasteiger partial charge in [-0.3, -0.25) is 4.79 Å². The van der Waals surface area contributed by atoms with Gasteiger partial charge in [0.2, 0.25) is 0 Å². The summed E-state index contributed by atoms with van der Waals surface area (Å²) < 4.78 is 5.27. The quantitative estimate of drug-likeness (QED) is 0.507. The highest BCUT2D eigenvalue weighted by Gasteiger charge is 2.16. The van der Waals surface area contributed by atoms with Gasteiger partial charge in [0.05, 0.1) is 0 Å². The molecule has 0 saturated carbocycles. The molecular formula is C12H16BNO4. The number of carbonyl (C=O) groups excluding carboxylic acids is 1. The maximum Gasteiger partial charge on any atom is 0.488 e. The lowest BCUT2D eigenvalue weighted by Crippen LogP contribution is -2.32. The smallest absolute Gasteiger partial charge is 0.423 e. The topological polar surface area (TPSA) is 78.8 Å². The number of anilines is 1. The molecule has 1 heterocycles. The maximum absolute atomic E-state index is 10.8. The lowest BCUT2D eigenvalue weighted by atomic mass is 9.79. The van der Waals surface area contributed by atoms with E-state index in [0.717, 1.165) is 31.7 Å². The van der Waals surface area contributed by atoms with E-state index < -0.39 is 7.12 Å². The van der Waals surface area contributed by atoms with Crippen molar-refractivity contribution in [1.29, 1.82) is 0 Å². The van der Waals surface area contributed by atoms with E-state index in [9.17, 15) is 4.79 Å². The van der Waals surface area contributed by atoms with Gasteiger partial charge in [-0.15, -0.1) is 0 Å². The molecule has 0 aromatic heterocycles. The molecule has 0 spiro atoms. The molecule has 0 atom stereocenters. The molecule has 6 heteroatoms. The SMILES string of the molecule is O=Cc1cc(NC2CCOCC2)cc(B(O)O)c1. The third kappa shape index (κ3) is 3.32. The van der Waals surface area contributed by atoms with Gasteiger partial charge >= 0.3 is 7.12 Å². The average Bonchev–Trinajstić information content (AvgIpc) is 2.39. The van der Waals surface area contributed by atoms with Crippen LogP contribution in [-0.2, 0) is 4.74 Å². The minimum Gasteiger partial charge on any atom is -0.423 e. The van der Waals surface area contributed by atoms with Crippen LogP contribution in [-0.4, -0.2) is 42.7 Å². The van der Waals surface area contributed by atoms with E-state index >= 15 is 0 Å². The Kier molecular flexibility index (Phi) is 4.35. The fourth-order valence-electron chi connectivity index (χ4n) is 2.05. The molecule has 1 saturated heterocycles. The average molecular weight is 249 g/mol. The van der Waals surface area contributed by atoms with Crippen LogP contribution >= 0.6 is 0 Å². The third-order valence-corrected chi connectivity index (χ3v) is 3.00. The molecular weight excluding hydrogens is 233 g/mol. The molecule has 1 aromatic carbocycles. The fourth-order valence-corrected chi connectivity index (χ4v) is 2.05. The molecule has 1 aliphatic heterocycles. The van der Waals surface area contributed by atoms with Crippen molar-refractivity contribution in [1.82, 2.24) is 0 Å². The highest BCUT2D eigenvalue weighted by molar-refractivity contribution is 6.58. The fraction of sp³-hybridized carbons (Fsp3) is 0.417. The Bertz CT molecular complexity index is 419. The number of ether oxygens (including phenoxy) is 1. The van der Waals surface area contributed by atoms with Crippen LogP contribution in [0.3, 0.4) is 0 Å². The molecule has 0 radical (unpaired) electrons. The Labute approximate surface area is 106 Å². The second kappa shape index (κ2) is 5.99.